The van der Waals surface area contributed by atoms with E-state index in [-0.39, 0.29) is 5.69 Å². The summed E-state index contributed by atoms with van der Waals surface area (Å²) in [6.45, 7) is 0. The van der Waals surface area contributed by atoms with Gasteiger partial charge in [-0.25, -0.2) is 0 Å². The minimum Gasteiger partial charge on any atom is -0.298 e. The second-order valence-electron chi connectivity index (χ2n) is 3.60. The van der Waals surface area contributed by atoms with Crippen LogP contribution in [0.25, 0.3) is 0 Å². The molecule has 0 heterocycles. The first-order valence-electron chi connectivity index (χ1n) is 5.28. The second kappa shape index (κ2) is 5.86. The number of carbonyl (C=O) groups excluding carboxylic acids is 1. The van der Waals surface area contributed by atoms with Crippen LogP contribution in [-0.2, 0) is 0 Å². The Morgan fingerprint density at radius 1 is 1.16 bits per heavy atom. The lowest BCUT2D eigenvalue weighted by Crippen LogP contribution is -1.91. The van der Waals surface area contributed by atoms with Gasteiger partial charge in [0, 0.05) is 16.5 Å². The summed E-state index contributed by atoms with van der Waals surface area (Å²) in [5, 5.41) is 11.3. The number of rotatable bonds is 4. The monoisotopic (exact) mass is 293 g/mol. The van der Waals surface area contributed by atoms with Gasteiger partial charge in [0.2, 0.25) is 0 Å². The first-order chi connectivity index (χ1) is 9.13. The standard InChI is InChI=1S/C13H8ClNO3S/c14-10-5-3-4-9(8-16)13(10)19-12-7-2-1-6-11(12)15(17)18/h1-8H. The van der Waals surface area contributed by atoms with E-state index in [1.165, 1.54) is 6.07 Å². The van der Waals surface area contributed by atoms with E-state index < -0.39 is 4.92 Å². The molecule has 0 saturated heterocycles. The predicted molar refractivity (Wildman–Crippen MR) is 74.1 cm³/mol. The molecule has 0 N–H and O–H groups in total. The maximum Gasteiger partial charge on any atom is 0.283 e. The number of hydrogen-bond donors (Lipinski definition) is 0. The van der Waals surface area contributed by atoms with Crippen LogP contribution < -0.4 is 0 Å². The molecule has 96 valence electrons. The highest BCUT2D eigenvalue weighted by Gasteiger charge is 2.16. The summed E-state index contributed by atoms with van der Waals surface area (Å²) in [5.74, 6) is 0. The lowest BCUT2D eigenvalue weighted by Gasteiger charge is -2.07. The van der Waals surface area contributed by atoms with Gasteiger partial charge in [-0.2, -0.15) is 0 Å². The Kier molecular flexibility index (Phi) is 4.19. The summed E-state index contributed by atoms with van der Waals surface area (Å²) >= 11 is 7.16. The molecular formula is C13H8ClNO3S. The lowest BCUT2D eigenvalue weighted by atomic mass is 10.2. The molecule has 19 heavy (non-hydrogen) atoms. The van der Waals surface area contributed by atoms with Crippen molar-refractivity contribution < 1.29 is 9.72 Å². The van der Waals surface area contributed by atoms with Gasteiger partial charge in [-0.1, -0.05) is 47.6 Å². The van der Waals surface area contributed by atoms with Crippen LogP contribution in [0.15, 0.2) is 52.3 Å². The van der Waals surface area contributed by atoms with E-state index in [2.05, 4.69) is 0 Å². The normalized spacial score (nSPS) is 10.2. The molecule has 0 aliphatic heterocycles. The van der Waals surface area contributed by atoms with Crippen LogP contribution in [0.1, 0.15) is 10.4 Å². The molecule has 2 aromatic rings. The Labute approximate surface area is 118 Å². The largest absolute Gasteiger partial charge is 0.298 e. The highest BCUT2D eigenvalue weighted by Crippen LogP contribution is 2.39. The van der Waals surface area contributed by atoms with Crippen molar-refractivity contribution in [2.24, 2.45) is 0 Å². The van der Waals surface area contributed by atoms with Crippen molar-refractivity contribution in [2.45, 2.75) is 9.79 Å². The zero-order valence-corrected chi connectivity index (χ0v) is 11.1. The van der Waals surface area contributed by atoms with Gasteiger partial charge in [0.05, 0.1) is 14.8 Å². The smallest absolute Gasteiger partial charge is 0.283 e. The van der Waals surface area contributed by atoms with Gasteiger partial charge in [-0.15, -0.1) is 0 Å². The van der Waals surface area contributed by atoms with Crippen molar-refractivity contribution in [3.05, 3.63) is 63.2 Å². The fraction of sp³-hybridized carbons (Fsp3) is 0. The van der Waals surface area contributed by atoms with Crippen molar-refractivity contribution in [3.63, 3.8) is 0 Å². The number of nitrogens with zero attached hydrogens (tertiary/aromatic N) is 1. The van der Waals surface area contributed by atoms with Gasteiger partial charge in [0.25, 0.3) is 5.69 Å². The topological polar surface area (TPSA) is 60.2 Å². The molecular weight excluding hydrogens is 286 g/mol. The Hall–Kier alpha value is -1.85. The maximum absolute atomic E-state index is 11.0. The molecule has 0 fully saturated rings. The van der Waals surface area contributed by atoms with E-state index >= 15 is 0 Å². The number of aldehydes is 1. The highest BCUT2D eigenvalue weighted by atomic mass is 35.5. The maximum atomic E-state index is 11.0. The second-order valence-corrected chi connectivity index (χ2v) is 5.06. The fourth-order valence-corrected chi connectivity index (χ4v) is 2.84. The van der Waals surface area contributed by atoms with Crippen LogP contribution in [0.4, 0.5) is 5.69 Å². The van der Waals surface area contributed by atoms with Gasteiger partial charge in [0.15, 0.2) is 6.29 Å². The summed E-state index contributed by atoms with van der Waals surface area (Å²) < 4.78 is 0. The van der Waals surface area contributed by atoms with E-state index in [1.54, 1.807) is 36.4 Å². The van der Waals surface area contributed by atoms with Crippen LogP contribution >= 0.6 is 23.4 Å². The van der Waals surface area contributed by atoms with Crippen LogP contribution in [0.5, 0.6) is 0 Å². The third-order valence-electron chi connectivity index (χ3n) is 2.40. The van der Waals surface area contributed by atoms with Crippen molar-refractivity contribution >= 4 is 35.3 Å². The number of halogens is 1. The third-order valence-corrected chi connectivity index (χ3v) is 4.05. The van der Waals surface area contributed by atoms with E-state index in [1.807, 2.05) is 0 Å². The van der Waals surface area contributed by atoms with Crippen LogP contribution in [0.2, 0.25) is 5.02 Å². The summed E-state index contributed by atoms with van der Waals surface area (Å²) in [4.78, 5) is 22.4. The van der Waals surface area contributed by atoms with Crippen molar-refractivity contribution in [1.82, 2.24) is 0 Å². The first kappa shape index (κ1) is 13.6. The fourth-order valence-electron chi connectivity index (χ4n) is 1.53. The van der Waals surface area contributed by atoms with Gasteiger partial charge in [-0.3, -0.25) is 14.9 Å². The summed E-state index contributed by atoms with van der Waals surface area (Å²) in [5.41, 5.74) is 0.403. The zero-order chi connectivity index (χ0) is 13.8. The molecule has 0 aliphatic carbocycles. The zero-order valence-electron chi connectivity index (χ0n) is 9.58. The molecule has 4 nitrogen and oxygen atoms in total. The lowest BCUT2D eigenvalue weighted by molar-refractivity contribution is -0.387. The van der Waals surface area contributed by atoms with Crippen LogP contribution in [0, 0.1) is 10.1 Å². The average molecular weight is 294 g/mol. The summed E-state index contributed by atoms with van der Waals surface area (Å²) in [6, 6.07) is 11.3. The minimum absolute atomic E-state index is 0.00994. The molecule has 0 aliphatic rings. The molecule has 0 saturated carbocycles. The molecule has 2 aromatic carbocycles. The van der Waals surface area contributed by atoms with Crippen LogP contribution in [-0.4, -0.2) is 11.2 Å². The molecule has 0 unspecified atom stereocenters. The SMILES string of the molecule is O=Cc1cccc(Cl)c1Sc1ccccc1[N+](=O)[O-]. The molecule has 0 radical (unpaired) electrons. The number of para-hydroxylation sites is 1. The van der Waals surface area contributed by atoms with E-state index in [4.69, 9.17) is 11.6 Å². The molecule has 0 bridgehead atoms. The third kappa shape index (κ3) is 2.94. The highest BCUT2D eigenvalue weighted by molar-refractivity contribution is 7.99. The number of hydrogen-bond acceptors (Lipinski definition) is 4. The van der Waals surface area contributed by atoms with Gasteiger partial charge in [0.1, 0.15) is 0 Å². The number of carbonyl (C=O) groups is 1. The Balaban J connectivity index is 2.48. The van der Waals surface area contributed by atoms with E-state index in [0.717, 1.165) is 11.8 Å². The molecule has 6 heteroatoms. The summed E-state index contributed by atoms with van der Waals surface area (Å²) in [6.07, 6.45) is 0.684. The Morgan fingerprint density at radius 3 is 2.58 bits per heavy atom. The molecule has 0 atom stereocenters. The van der Waals surface area contributed by atoms with Crippen molar-refractivity contribution in [1.29, 1.82) is 0 Å². The molecule has 2 rings (SSSR count). The summed E-state index contributed by atoms with van der Waals surface area (Å²) in [7, 11) is 0. The Bertz CT molecular complexity index is 646. The van der Waals surface area contributed by atoms with Crippen molar-refractivity contribution in [2.75, 3.05) is 0 Å². The molecule has 0 amide bonds. The quantitative estimate of drug-likeness (QED) is 0.481. The van der Waals surface area contributed by atoms with E-state index in [9.17, 15) is 14.9 Å². The average Bonchev–Trinajstić information content (AvgIpc) is 2.41. The predicted octanol–water partition coefficient (Wildman–Crippen LogP) is 4.21. The van der Waals surface area contributed by atoms with Gasteiger partial charge < -0.3 is 0 Å². The van der Waals surface area contributed by atoms with Crippen molar-refractivity contribution in [3.8, 4) is 0 Å². The first-order valence-corrected chi connectivity index (χ1v) is 6.48. The Morgan fingerprint density at radius 2 is 1.89 bits per heavy atom. The van der Waals surface area contributed by atoms with E-state index in [0.29, 0.717) is 26.7 Å². The minimum atomic E-state index is -0.459. The molecule has 0 aromatic heterocycles. The number of nitro groups is 1. The van der Waals surface area contributed by atoms with Crippen LogP contribution in [0.3, 0.4) is 0 Å². The van der Waals surface area contributed by atoms with Gasteiger partial charge in [-0.05, 0) is 12.1 Å². The number of benzene rings is 2. The molecule has 0 spiro atoms. The number of nitro benzene ring substituents is 1. The van der Waals surface area contributed by atoms with Gasteiger partial charge >= 0.3 is 0 Å².